The third kappa shape index (κ3) is 3.19. The highest BCUT2D eigenvalue weighted by molar-refractivity contribution is 5.94. The predicted molar refractivity (Wildman–Crippen MR) is 82.2 cm³/mol. The summed E-state index contributed by atoms with van der Waals surface area (Å²) in [5.74, 6) is -0.527. The molecule has 2 saturated heterocycles. The molecule has 23 heavy (non-hydrogen) atoms. The smallest absolute Gasteiger partial charge is 0.253 e. The van der Waals surface area contributed by atoms with E-state index in [0.717, 1.165) is 19.3 Å². The molecule has 2 aliphatic rings. The van der Waals surface area contributed by atoms with E-state index >= 15 is 0 Å². The van der Waals surface area contributed by atoms with E-state index in [1.165, 1.54) is 19.2 Å². The highest BCUT2D eigenvalue weighted by Gasteiger charge is 2.43. The quantitative estimate of drug-likeness (QED) is 0.856. The molecule has 126 valence electrons. The first-order chi connectivity index (χ1) is 11.1. The summed E-state index contributed by atoms with van der Waals surface area (Å²) in [5, 5.41) is 0. The van der Waals surface area contributed by atoms with Gasteiger partial charge in [-0.15, -0.1) is 0 Å². The fourth-order valence-corrected chi connectivity index (χ4v) is 3.40. The van der Waals surface area contributed by atoms with Crippen LogP contribution in [0.2, 0.25) is 0 Å². The number of methoxy groups -OCH3 is 2. The van der Waals surface area contributed by atoms with Gasteiger partial charge in [-0.1, -0.05) is 0 Å². The molecule has 2 fully saturated rings. The molecule has 0 bridgehead atoms. The first-order valence-corrected chi connectivity index (χ1v) is 7.86. The van der Waals surface area contributed by atoms with Crippen LogP contribution >= 0.6 is 0 Å². The Morgan fingerprint density at radius 1 is 1.35 bits per heavy atom. The standard InChI is InChI=1S/C17H22FNO4/c1-21-13-10-17(23-11-13)5-7-19(8-6-17)16(20)12-3-4-15(22-2)14(18)9-12/h3-4,9,13H,5-8,10-11H2,1-2H3/t13-/m0/s1. The van der Waals surface area contributed by atoms with Gasteiger partial charge in [-0.3, -0.25) is 4.79 Å². The Morgan fingerprint density at radius 2 is 2.09 bits per heavy atom. The van der Waals surface area contributed by atoms with E-state index in [4.69, 9.17) is 14.2 Å². The highest BCUT2D eigenvalue weighted by Crippen LogP contribution is 2.37. The number of likely N-dealkylation sites (tertiary alicyclic amines) is 1. The minimum atomic E-state index is -0.520. The number of amides is 1. The maximum atomic E-state index is 13.8. The number of ether oxygens (including phenoxy) is 3. The Bertz CT molecular complexity index is 584. The Morgan fingerprint density at radius 3 is 2.65 bits per heavy atom. The zero-order chi connectivity index (χ0) is 16.4. The topological polar surface area (TPSA) is 48.0 Å². The fourth-order valence-electron chi connectivity index (χ4n) is 3.40. The number of hydrogen-bond donors (Lipinski definition) is 0. The van der Waals surface area contributed by atoms with Crippen molar-refractivity contribution in [2.75, 3.05) is 33.9 Å². The highest BCUT2D eigenvalue weighted by atomic mass is 19.1. The van der Waals surface area contributed by atoms with Gasteiger partial charge in [-0.05, 0) is 31.0 Å². The van der Waals surface area contributed by atoms with Crippen LogP contribution in [0.3, 0.4) is 0 Å². The Labute approximate surface area is 135 Å². The first kappa shape index (κ1) is 16.2. The van der Waals surface area contributed by atoms with Crippen molar-refractivity contribution in [2.24, 2.45) is 0 Å². The number of benzene rings is 1. The molecule has 0 saturated carbocycles. The minimum Gasteiger partial charge on any atom is -0.494 e. The lowest BCUT2D eigenvalue weighted by atomic mass is 9.87. The van der Waals surface area contributed by atoms with Gasteiger partial charge in [0.15, 0.2) is 11.6 Å². The van der Waals surface area contributed by atoms with Crippen LogP contribution in [0.1, 0.15) is 29.6 Å². The van der Waals surface area contributed by atoms with Gasteiger partial charge >= 0.3 is 0 Å². The van der Waals surface area contributed by atoms with Gasteiger partial charge in [0.2, 0.25) is 0 Å². The molecule has 6 heteroatoms. The van der Waals surface area contributed by atoms with E-state index in [-0.39, 0.29) is 23.4 Å². The number of piperidine rings is 1. The molecule has 0 aliphatic carbocycles. The van der Waals surface area contributed by atoms with Crippen molar-refractivity contribution in [1.82, 2.24) is 4.90 Å². The van der Waals surface area contributed by atoms with Gasteiger partial charge in [-0.25, -0.2) is 4.39 Å². The van der Waals surface area contributed by atoms with Crippen molar-refractivity contribution < 1.29 is 23.4 Å². The fraction of sp³-hybridized carbons (Fsp3) is 0.588. The molecular weight excluding hydrogens is 301 g/mol. The molecule has 5 nitrogen and oxygen atoms in total. The molecule has 1 aromatic rings. The number of carbonyl (C=O) groups is 1. The molecule has 2 aliphatic heterocycles. The maximum absolute atomic E-state index is 13.8. The van der Waals surface area contributed by atoms with Gasteiger partial charge in [-0.2, -0.15) is 0 Å². The zero-order valence-corrected chi connectivity index (χ0v) is 13.5. The second kappa shape index (κ2) is 6.45. The van der Waals surface area contributed by atoms with Crippen LogP contribution in [0.5, 0.6) is 5.75 Å². The van der Waals surface area contributed by atoms with Crippen LogP contribution in [0, 0.1) is 5.82 Å². The van der Waals surface area contributed by atoms with Crippen LogP contribution in [0.15, 0.2) is 18.2 Å². The molecular formula is C17H22FNO4. The average molecular weight is 323 g/mol. The van der Waals surface area contributed by atoms with Crippen molar-refractivity contribution in [3.05, 3.63) is 29.6 Å². The normalized spacial score (nSPS) is 23.3. The van der Waals surface area contributed by atoms with Crippen molar-refractivity contribution in [3.8, 4) is 5.75 Å². The number of halogens is 1. The summed E-state index contributed by atoms with van der Waals surface area (Å²) >= 11 is 0. The summed E-state index contributed by atoms with van der Waals surface area (Å²) in [7, 11) is 3.10. The third-order valence-electron chi connectivity index (χ3n) is 4.87. The molecule has 0 radical (unpaired) electrons. The SMILES string of the molecule is COc1ccc(C(=O)N2CCC3(CC2)C[C@H](OC)CO3)cc1F. The summed E-state index contributed by atoms with van der Waals surface area (Å²) in [6.45, 7) is 1.85. The van der Waals surface area contributed by atoms with Crippen molar-refractivity contribution in [2.45, 2.75) is 31.0 Å². The van der Waals surface area contributed by atoms with Gasteiger partial charge in [0.25, 0.3) is 5.91 Å². The number of nitrogens with zero attached hydrogens (tertiary/aromatic N) is 1. The molecule has 0 N–H and O–H groups in total. The van der Waals surface area contributed by atoms with Crippen molar-refractivity contribution in [3.63, 3.8) is 0 Å². The summed E-state index contributed by atoms with van der Waals surface area (Å²) in [6.07, 6.45) is 2.60. The summed E-state index contributed by atoms with van der Waals surface area (Å²) in [6, 6.07) is 4.32. The molecule has 1 amide bonds. The molecule has 3 rings (SSSR count). The predicted octanol–water partition coefficient (Wildman–Crippen LogP) is 2.24. The van der Waals surface area contributed by atoms with Crippen LogP contribution in [0.25, 0.3) is 0 Å². The van der Waals surface area contributed by atoms with Crippen LogP contribution in [-0.4, -0.2) is 56.4 Å². The van der Waals surface area contributed by atoms with E-state index in [1.54, 1.807) is 18.1 Å². The largest absolute Gasteiger partial charge is 0.494 e. The maximum Gasteiger partial charge on any atom is 0.253 e. The molecule has 1 aromatic carbocycles. The van der Waals surface area contributed by atoms with Crippen LogP contribution in [0.4, 0.5) is 4.39 Å². The van der Waals surface area contributed by atoms with E-state index in [0.29, 0.717) is 25.3 Å². The lowest BCUT2D eigenvalue weighted by Gasteiger charge is -2.38. The van der Waals surface area contributed by atoms with Gasteiger partial charge in [0, 0.05) is 32.2 Å². The second-order valence-electron chi connectivity index (χ2n) is 6.20. The monoisotopic (exact) mass is 323 g/mol. The number of rotatable bonds is 3. The summed E-state index contributed by atoms with van der Waals surface area (Å²) < 4.78 is 29.9. The molecule has 2 heterocycles. The first-order valence-electron chi connectivity index (χ1n) is 7.86. The minimum absolute atomic E-state index is 0.143. The molecule has 0 unspecified atom stereocenters. The van der Waals surface area contributed by atoms with E-state index in [2.05, 4.69) is 0 Å². The molecule has 0 aromatic heterocycles. The molecule has 1 spiro atoms. The lowest BCUT2D eigenvalue weighted by Crippen LogP contribution is -2.46. The zero-order valence-electron chi connectivity index (χ0n) is 13.5. The average Bonchev–Trinajstić information content (AvgIpc) is 2.98. The van der Waals surface area contributed by atoms with Gasteiger partial charge in [0.05, 0.1) is 25.4 Å². The van der Waals surface area contributed by atoms with E-state index in [1.807, 2.05) is 0 Å². The van der Waals surface area contributed by atoms with E-state index < -0.39 is 5.82 Å². The van der Waals surface area contributed by atoms with Crippen molar-refractivity contribution in [1.29, 1.82) is 0 Å². The third-order valence-corrected chi connectivity index (χ3v) is 4.87. The number of carbonyl (C=O) groups excluding carboxylic acids is 1. The van der Waals surface area contributed by atoms with Crippen LogP contribution in [-0.2, 0) is 9.47 Å². The Kier molecular flexibility index (Phi) is 4.55. The summed E-state index contributed by atoms with van der Waals surface area (Å²) in [4.78, 5) is 14.3. The van der Waals surface area contributed by atoms with Crippen molar-refractivity contribution >= 4 is 5.91 Å². The van der Waals surface area contributed by atoms with Gasteiger partial charge < -0.3 is 19.1 Å². The lowest BCUT2D eigenvalue weighted by molar-refractivity contribution is -0.0402. The Hall–Kier alpha value is -1.66. The number of hydrogen-bond acceptors (Lipinski definition) is 4. The second-order valence-corrected chi connectivity index (χ2v) is 6.20. The Balaban J connectivity index is 1.63. The summed E-state index contributed by atoms with van der Waals surface area (Å²) in [5.41, 5.74) is 0.184. The van der Waals surface area contributed by atoms with Gasteiger partial charge in [0.1, 0.15) is 0 Å². The molecule has 1 atom stereocenters. The van der Waals surface area contributed by atoms with E-state index in [9.17, 15) is 9.18 Å². The van der Waals surface area contributed by atoms with Crippen LogP contribution < -0.4 is 4.74 Å².